The van der Waals surface area contributed by atoms with Crippen LogP contribution in [0.15, 0.2) is 58.2 Å². The molecule has 0 atom stereocenters. The van der Waals surface area contributed by atoms with Gasteiger partial charge in [0.05, 0.1) is 11.3 Å². The van der Waals surface area contributed by atoms with Gasteiger partial charge in [0, 0.05) is 21.0 Å². The second-order valence-corrected chi connectivity index (χ2v) is 9.16. The molecule has 2 aromatic heterocycles. The molecule has 160 valence electrons. The molecule has 4 aromatic rings. The number of carbonyl (C=O) groups is 1. The van der Waals surface area contributed by atoms with Crippen LogP contribution in [0.25, 0.3) is 22.6 Å². The number of nitriles is 1. The molecule has 32 heavy (non-hydrogen) atoms. The minimum Gasteiger partial charge on any atom is -0.411 e. The zero-order valence-electron chi connectivity index (χ0n) is 16.6. The van der Waals surface area contributed by atoms with Crippen molar-refractivity contribution in [2.24, 2.45) is 0 Å². The number of aromatic nitrogens is 2. The summed E-state index contributed by atoms with van der Waals surface area (Å²) in [6, 6.07) is 15.0. The van der Waals surface area contributed by atoms with Gasteiger partial charge in [-0.2, -0.15) is 5.26 Å². The van der Waals surface area contributed by atoms with Gasteiger partial charge in [-0.3, -0.25) is 4.79 Å². The Morgan fingerprint density at radius 1 is 1.19 bits per heavy atom. The third kappa shape index (κ3) is 4.83. The Labute approximate surface area is 196 Å². The van der Waals surface area contributed by atoms with Gasteiger partial charge in [-0.05, 0) is 48.9 Å². The van der Waals surface area contributed by atoms with Crippen molar-refractivity contribution in [2.75, 3.05) is 11.1 Å². The number of halogens is 2. The van der Waals surface area contributed by atoms with E-state index < -0.39 is 0 Å². The average Bonchev–Trinajstić information content (AvgIpc) is 3.37. The topological polar surface area (TPSA) is 91.8 Å². The van der Waals surface area contributed by atoms with Crippen LogP contribution in [0.5, 0.6) is 0 Å². The van der Waals surface area contributed by atoms with Gasteiger partial charge in [-0.15, -0.1) is 21.5 Å². The third-order valence-corrected chi connectivity index (χ3v) is 6.50. The highest BCUT2D eigenvalue weighted by Gasteiger charge is 2.19. The van der Waals surface area contributed by atoms with E-state index in [0.29, 0.717) is 32.6 Å². The summed E-state index contributed by atoms with van der Waals surface area (Å²) in [4.78, 5) is 13.3. The molecule has 0 aliphatic heterocycles. The molecule has 2 aromatic carbocycles. The lowest BCUT2D eigenvalue weighted by molar-refractivity contribution is -0.113. The first-order chi connectivity index (χ1) is 15.4. The Hall–Kier alpha value is -3.19. The molecule has 0 aliphatic rings. The highest BCUT2D eigenvalue weighted by Crippen LogP contribution is 2.39. The van der Waals surface area contributed by atoms with E-state index in [1.807, 2.05) is 6.92 Å². The predicted octanol–water partition coefficient (Wildman–Crippen LogP) is 6.17. The highest BCUT2D eigenvalue weighted by molar-refractivity contribution is 7.99. The molecular weight excluding hydrogens is 471 g/mol. The minimum absolute atomic E-state index is 0.0238. The van der Waals surface area contributed by atoms with Crippen molar-refractivity contribution in [3.8, 4) is 28.7 Å². The van der Waals surface area contributed by atoms with Gasteiger partial charge < -0.3 is 9.73 Å². The fourth-order valence-electron chi connectivity index (χ4n) is 2.97. The summed E-state index contributed by atoms with van der Waals surface area (Å²) in [6.07, 6.45) is 0. The molecule has 2 heterocycles. The van der Waals surface area contributed by atoms with Crippen molar-refractivity contribution in [3.63, 3.8) is 0 Å². The summed E-state index contributed by atoms with van der Waals surface area (Å²) in [6.45, 7) is 1.85. The average molecular weight is 485 g/mol. The normalized spacial score (nSPS) is 10.7. The van der Waals surface area contributed by atoms with Crippen LogP contribution in [0.2, 0.25) is 5.02 Å². The van der Waals surface area contributed by atoms with Gasteiger partial charge in [0.25, 0.3) is 5.22 Å². The third-order valence-electron chi connectivity index (χ3n) is 4.41. The van der Waals surface area contributed by atoms with Crippen LogP contribution in [-0.4, -0.2) is 21.9 Å². The molecule has 6 nitrogen and oxygen atoms in total. The number of thiophene rings is 1. The van der Waals surface area contributed by atoms with Crippen LogP contribution < -0.4 is 5.32 Å². The quantitative estimate of drug-likeness (QED) is 0.329. The van der Waals surface area contributed by atoms with Crippen LogP contribution in [0.1, 0.15) is 10.4 Å². The van der Waals surface area contributed by atoms with Gasteiger partial charge in [-0.1, -0.05) is 35.5 Å². The molecule has 1 N–H and O–H groups in total. The number of aryl methyl sites for hydroxylation is 1. The van der Waals surface area contributed by atoms with E-state index in [1.54, 1.807) is 36.4 Å². The number of benzene rings is 2. The van der Waals surface area contributed by atoms with Crippen LogP contribution in [-0.2, 0) is 4.79 Å². The number of carbonyl (C=O) groups excluding carboxylic acids is 1. The Kier molecular flexibility index (Phi) is 6.55. The van der Waals surface area contributed by atoms with E-state index in [4.69, 9.17) is 16.0 Å². The molecule has 0 aliphatic carbocycles. The van der Waals surface area contributed by atoms with E-state index in [-0.39, 0.29) is 22.7 Å². The number of hydrogen-bond acceptors (Lipinski definition) is 7. The number of hydrogen-bond donors (Lipinski definition) is 1. The van der Waals surface area contributed by atoms with Crippen molar-refractivity contribution in [1.82, 2.24) is 10.2 Å². The van der Waals surface area contributed by atoms with E-state index in [2.05, 4.69) is 21.6 Å². The maximum Gasteiger partial charge on any atom is 0.277 e. The molecule has 10 heteroatoms. The lowest BCUT2D eigenvalue weighted by Crippen LogP contribution is -2.13. The number of nitrogens with zero attached hydrogens (tertiary/aromatic N) is 3. The monoisotopic (exact) mass is 484 g/mol. The van der Waals surface area contributed by atoms with Crippen molar-refractivity contribution < 1.29 is 13.6 Å². The molecular formula is C22H14ClFN4O2S2. The van der Waals surface area contributed by atoms with Crippen molar-refractivity contribution >= 4 is 45.6 Å². The summed E-state index contributed by atoms with van der Waals surface area (Å²) in [5.41, 5.74) is 2.47. The Balaban J connectivity index is 1.44. The van der Waals surface area contributed by atoms with Crippen LogP contribution in [0, 0.1) is 24.1 Å². The number of rotatable bonds is 6. The van der Waals surface area contributed by atoms with Gasteiger partial charge in [-0.25, -0.2) is 4.39 Å². The SMILES string of the molecule is Cc1sc(NC(=O)CSc2nnc(-c3ccc(Cl)cc3)o2)c(C#N)c1-c1ccc(F)cc1. The van der Waals surface area contributed by atoms with Crippen molar-refractivity contribution in [1.29, 1.82) is 5.26 Å². The smallest absolute Gasteiger partial charge is 0.277 e. The summed E-state index contributed by atoms with van der Waals surface area (Å²) in [7, 11) is 0. The standard InChI is InChI=1S/C22H14ClFN4O2S2/c1-12-19(13-4-8-16(24)9-5-13)17(10-25)21(32-12)26-18(29)11-31-22-28-27-20(30-22)14-2-6-15(23)7-3-14/h2-9H,11H2,1H3,(H,26,29). The second-order valence-electron chi connectivity index (χ2n) is 6.57. The zero-order chi connectivity index (χ0) is 22.7. The molecule has 0 saturated carbocycles. The van der Waals surface area contributed by atoms with E-state index in [0.717, 1.165) is 22.2 Å². The predicted molar refractivity (Wildman–Crippen MR) is 123 cm³/mol. The lowest BCUT2D eigenvalue weighted by Gasteiger charge is -2.03. The van der Waals surface area contributed by atoms with Crippen LogP contribution in [0.4, 0.5) is 9.39 Å². The zero-order valence-corrected chi connectivity index (χ0v) is 18.9. The number of anilines is 1. The second kappa shape index (κ2) is 9.53. The van der Waals surface area contributed by atoms with Gasteiger partial charge >= 0.3 is 0 Å². The van der Waals surface area contributed by atoms with Crippen LogP contribution in [0.3, 0.4) is 0 Å². The fraction of sp³-hybridized carbons (Fsp3) is 0.0909. The van der Waals surface area contributed by atoms with Crippen LogP contribution >= 0.6 is 34.7 Å². The maximum absolute atomic E-state index is 13.3. The van der Waals surface area contributed by atoms with Gasteiger partial charge in [0.1, 0.15) is 16.9 Å². The van der Waals surface area contributed by atoms with Crippen molar-refractivity contribution in [3.05, 3.63) is 69.8 Å². The number of nitrogens with one attached hydrogen (secondary N) is 1. The molecule has 0 saturated heterocycles. The van der Waals surface area contributed by atoms with Crippen molar-refractivity contribution in [2.45, 2.75) is 12.1 Å². The number of amides is 1. The lowest BCUT2D eigenvalue weighted by atomic mass is 10.0. The first kappa shape index (κ1) is 22.0. The van der Waals surface area contributed by atoms with E-state index in [9.17, 15) is 14.4 Å². The minimum atomic E-state index is -0.356. The fourth-order valence-corrected chi connectivity index (χ4v) is 4.70. The first-order valence-electron chi connectivity index (χ1n) is 9.26. The summed E-state index contributed by atoms with van der Waals surface area (Å²) < 4.78 is 18.8. The van der Waals surface area contributed by atoms with E-state index >= 15 is 0 Å². The summed E-state index contributed by atoms with van der Waals surface area (Å²) in [5, 5.41) is 21.7. The van der Waals surface area contributed by atoms with E-state index in [1.165, 1.54) is 23.5 Å². The Morgan fingerprint density at radius 2 is 1.88 bits per heavy atom. The molecule has 0 radical (unpaired) electrons. The molecule has 4 rings (SSSR count). The number of thioether (sulfide) groups is 1. The molecule has 0 spiro atoms. The molecule has 0 bridgehead atoms. The maximum atomic E-state index is 13.3. The summed E-state index contributed by atoms with van der Waals surface area (Å²) >= 11 is 8.27. The highest BCUT2D eigenvalue weighted by atomic mass is 35.5. The first-order valence-corrected chi connectivity index (χ1v) is 11.4. The van der Waals surface area contributed by atoms with Gasteiger partial charge in [0.15, 0.2) is 0 Å². The molecule has 0 unspecified atom stereocenters. The molecule has 1 amide bonds. The Bertz CT molecular complexity index is 1310. The van der Waals surface area contributed by atoms with Gasteiger partial charge in [0.2, 0.25) is 11.8 Å². The Morgan fingerprint density at radius 3 is 2.56 bits per heavy atom. The summed E-state index contributed by atoms with van der Waals surface area (Å²) in [5.74, 6) is -0.319. The molecule has 0 fully saturated rings. The largest absolute Gasteiger partial charge is 0.411 e.